The van der Waals surface area contributed by atoms with Crippen LogP contribution in [-0.2, 0) is 6.54 Å². The maximum absolute atomic E-state index is 11.8. The Balaban J connectivity index is 2.03. The maximum Gasteiger partial charge on any atom is 0.271 e. The maximum atomic E-state index is 11.8. The molecule has 7 nitrogen and oxygen atoms in total. The number of nitrogens with one attached hydrogen (secondary N) is 1. The number of anilines is 1. The molecule has 3 N–H and O–H groups in total. The van der Waals surface area contributed by atoms with E-state index in [4.69, 9.17) is 10.3 Å². The van der Waals surface area contributed by atoms with E-state index in [0.717, 1.165) is 11.3 Å². The van der Waals surface area contributed by atoms with Gasteiger partial charge in [-0.1, -0.05) is 5.16 Å². The zero-order chi connectivity index (χ0) is 13.1. The summed E-state index contributed by atoms with van der Waals surface area (Å²) in [6.07, 6.45) is 2.67. The van der Waals surface area contributed by atoms with Gasteiger partial charge in [0, 0.05) is 12.1 Å². The first-order valence-electron chi connectivity index (χ1n) is 5.35. The molecule has 0 radical (unpaired) electrons. The minimum Gasteiger partial charge on any atom is -0.382 e. The van der Waals surface area contributed by atoms with Crippen molar-refractivity contribution in [3.05, 3.63) is 35.1 Å². The molecule has 94 valence electrons. The summed E-state index contributed by atoms with van der Waals surface area (Å²) < 4.78 is 5.00. The van der Waals surface area contributed by atoms with Crippen molar-refractivity contribution in [2.75, 3.05) is 5.73 Å². The molecule has 0 fully saturated rings. The molecule has 2 aromatic rings. The molecule has 2 rings (SSSR count). The summed E-state index contributed by atoms with van der Waals surface area (Å²) in [4.78, 5) is 19.5. The van der Waals surface area contributed by atoms with Crippen LogP contribution in [0, 0.1) is 13.8 Å². The Morgan fingerprint density at radius 1 is 1.39 bits per heavy atom. The molecular formula is C11H13N5O2. The summed E-state index contributed by atoms with van der Waals surface area (Å²) in [5.41, 5.74) is 7.24. The Hall–Kier alpha value is -2.44. The van der Waals surface area contributed by atoms with Crippen molar-refractivity contribution < 1.29 is 9.32 Å². The molecule has 2 aromatic heterocycles. The van der Waals surface area contributed by atoms with E-state index in [1.165, 1.54) is 12.4 Å². The van der Waals surface area contributed by atoms with Gasteiger partial charge in [0.25, 0.3) is 5.91 Å². The minimum atomic E-state index is -0.317. The summed E-state index contributed by atoms with van der Waals surface area (Å²) in [6.45, 7) is 3.96. The van der Waals surface area contributed by atoms with Crippen molar-refractivity contribution in [3.63, 3.8) is 0 Å². The third-order valence-electron chi connectivity index (χ3n) is 2.51. The quantitative estimate of drug-likeness (QED) is 0.822. The van der Waals surface area contributed by atoms with E-state index < -0.39 is 0 Å². The number of hydrogen-bond donors (Lipinski definition) is 2. The number of nitrogens with zero attached hydrogens (tertiary/aromatic N) is 3. The Labute approximate surface area is 103 Å². The molecule has 0 spiro atoms. The van der Waals surface area contributed by atoms with Crippen LogP contribution in [0.15, 0.2) is 16.9 Å². The highest BCUT2D eigenvalue weighted by Crippen LogP contribution is 2.11. The van der Waals surface area contributed by atoms with Crippen LogP contribution in [0.1, 0.15) is 27.5 Å². The predicted octanol–water partition coefficient (Wildman–Crippen LogP) is 0.594. The lowest BCUT2D eigenvalue weighted by atomic mass is 10.2. The summed E-state index contributed by atoms with van der Waals surface area (Å²) >= 11 is 0. The SMILES string of the molecule is Cc1noc(C)c1CNC(=O)c1cnc(N)cn1. The van der Waals surface area contributed by atoms with Crippen molar-refractivity contribution in [1.82, 2.24) is 20.4 Å². The number of nitrogen functional groups attached to an aromatic ring is 1. The molecule has 7 heteroatoms. The van der Waals surface area contributed by atoms with Crippen molar-refractivity contribution in [3.8, 4) is 0 Å². The van der Waals surface area contributed by atoms with Crippen molar-refractivity contribution in [2.45, 2.75) is 20.4 Å². The van der Waals surface area contributed by atoms with Gasteiger partial charge in [0.1, 0.15) is 17.3 Å². The lowest BCUT2D eigenvalue weighted by molar-refractivity contribution is 0.0945. The molecule has 0 aliphatic rings. The van der Waals surface area contributed by atoms with E-state index in [-0.39, 0.29) is 17.4 Å². The molecule has 0 saturated carbocycles. The summed E-state index contributed by atoms with van der Waals surface area (Å²) in [5.74, 6) is 0.649. The number of aromatic nitrogens is 3. The van der Waals surface area contributed by atoms with E-state index in [1.54, 1.807) is 6.92 Å². The van der Waals surface area contributed by atoms with Gasteiger partial charge in [0.2, 0.25) is 0 Å². The van der Waals surface area contributed by atoms with Gasteiger partial charge in [-0.05, 0) is 13.8 Å². The summed E-state index contributed by atoms with van der Waals surface area (Å²) in [6, 6.07) is 0. The Bertz CT molecular complexity index is 542. The Morgan fingerprint density at radius 2 is 2.17 bits per heavy atom. The summed E-state index contributed by atoms with van der Waals surface area (Å²) in [7, 11) is 0. The third kappa shape index (κ3) is 2.45. The zero-order valence-electron chi connectivity index (χ0n) is 10.1. The van der Waals surface area contributed by atoms with Crippen LogP contribution in [0.2, 0.25) is 0 Å². The Morgan fingerprint density at radius 3 is 2.72 bits per heavy atom. The number of amides is 1. The van der Waals surface area contributed by atoms with Gasteiger partial charge in [-0.25, -0.2) is 9.97 Å². The first-order valence-corrected chi connectivity index (χ1v) is 5.35. The summed E-state index contributed by atoms with van der Waals surface area (Å²) in [5, 5.41) is 6.53. The highest BCUT2D eigenvalue weighted by Gasteiger charge is 2.12. The predicted molar refractivity (Wildman–Crippen MR) is 63.6 cm³/mol. The average molecular weight is 247 g/mol. The van der Waals surface area contributed by atoms with Crippen LogP contribution in [0.25, 0.3) is 0 Å². The molecule has 0 atom stereocenters. The van der Waals surface area contributed by atoms with Gasteiger partial charge in [0.15, 0.2) is 0 Å². The fraction of sp³-hybridized carbons (Fsp3) is 0.273. The van der Waals surface area contributed by atoms with Crippen molar-refractivity contribution in [1.29, 1.82) is 0 Å². The number of carbonyl (C=O) groups excluding carboxylic acids is 1. The molecule has 0 aliphatic heterocycles. The first-order chi connectivity index (χ1) is 8.58. The van der Waals surface area contributed by atoms with E-state index in [2.05, 4.69) is 20.4 Å². The van der Waals surface area contributed by atoms with E-state index >= 15 is 0 Å². The fourth-order valence-corrected chi connectivity index (χ4v) is 1.47. The Kier molecular flexibility index (Phi) is 3.22. The van der Waals surface area contributed by atoms with Gasteiger partial charge < -0.3 is 15.6 Å². The number of carbonyl (C=O) groups is 1. The second-order valence-electron chi connectivity index (χ2n) is 3.81. The van der Waals surface area contributed by atoms with E-state index in [1.807, 2.05) is 6.92 Å². The van der Waals surface area contributed by atoms with Gasteiger partial charge in [-0.2, -0.15) is 0 Å². The highest BCUT2D eigenvalue weighted by atomic mass is 16.5. The third-order valence-corrected chi connectivity index (χ3v) is 2.51. The van der Waals surface area contributed by atoms with E-state index in [9.17, 15) is 4.79 Å². The van der Waals surface area contributed by atoms with Crippen molar-refractivity contribution >= 4 is 11.7 Å². The second-order valence-corrected chi connectivity index (χ2v) is 3.81. The van der Waals surface area contributed by atoms with Gasteiger partial charge >= 0.3 is 0 Å². The average Bonchev–Trinajstić information content (AvgIpc) is 2.67. The number of nitrogens with two attached hydrogens (primary N) is 1. The molecule has 0 saturated heterocycles. The molecule has 2 heterocycles. The number of aryl methyl sites for hydroxylation is 2. The number of hydrogen-bond acceptors (Lipinski definition) is 6. The molecule has 0 aliphatic carbocycles. The van der Waals surface area contributed by atoms with Gasteiger partial charge in [-0.15, -0.1) is 0 Å². The smallest absolute Gasteiger partial charge is 0.271 e. The van der Waals surface area contributed by atoms with Crippen molar-refractivity contribution in [2.24, 2.45) is 0 Å². The normalized spacial score (nSPS) is 10.3. The first kappa shape index (κ1) is 12.0. The lowest BCUT2D eigenvalue weighted by Crippen LogP contribution is -2.24. The highest BCUT2D eigenvalue weighted by molar-refractivity contribution is 5.91. The van der Waals surface area contributed by atoms with Crippen LogP contribution < -0.4 is 11.1 Å². The largest absolute Gasteiger partial charge is 0.382 e. The molecule has 1 amide bonds. The van der Waals surface area contributed by atoms with E-state index in [0.29, 0.717) is 12.3 Å². The minimum absolute atomic E-state index is 0.218. The topological polar surface area (TPSA) is 107 Å². The molecule has 0 bridgehead atoms. The zero-order valence-corrected chi connectivity index (χ0v) is 10.1. The van der Waals surface area contributed by atoms with Crippen LogP contribution in [0.3, 0.4) is 0 Å². The lowest BCUT2D eigenvalue weighted by Gasteiger charge is -2.03. The second kappa shape index (κ2) is 4.82. The van der Waals surface area contributed by atoms with Crippen LogP contribution >= 0.6 is 0 Å². The van der Waals surface area contributed by atoms with Gasteiger partial charge in [-0.3, -0.25) is 4.79 Å². The van der Waals surface area contributed by atoms with Crippen LogP contribution in [0.4, 0.5) is 5.82 Å². The van der Waals surface area contributed by atoms with Gasteiger partial charge in [0.05, 0.1) is 18.1 Å². The molecular weight excluding hydrogens is 234 g/mol. The standard InChI is InChI=1S/C11H13N5O2/c1-6-8(7(2)18-16-6)3-15-11(17)9-4-14-10(12)5-13-9/h4-5H,3H2,1-2H3,(H2,12,14)(H,15,17). The number of rotatable bonds is 3. The molecule has 0 aromatic carbocycles. The fourth-order valence-electron chi connectivity index (χ4n) is 1.47. The molecule has 18 heavy (non-hydrogen) atoms. The molecule has 0 unspecified atom stereocenters. The van der Waals surface area contributed by atoms with Crippen LogP contribution in [0.5, 0.6) is 0 Å². The van der Waals surface area contributed by atoms with Crippen LogP contribution in [-0.4, -0.2) is 21.0 Å². The monoisotopic (exact) mass is 247 g/mol.